The van der Waals surface area contributed by atoms with Crippen LogP contribution < -0.4 is 9.62 Å². The molecular formula is C16H15ClN2O3S. The van der Waals surface area contributed by atoms with E-state index < -0.39 is 16.1 Å². The molecule has 0 bridgehead atoms. The number of benzene rings is 2. The van der Waals surface area contributed by atoms with Gasteiger partial charge in [-0.1, -0.05) is 41.9 Å². The van der Waals surface area contributed by atoms with E-state index in [0.717, 1.165) is 5.69 Å². The van der Waals surface area contributed by atoms with Crippen LogP contribution in [0.1, 0.15) is 6.42 Å². The fourth-order valence-corrected chi connectivity index (χ4v) is 4.31. The lowest BCUT2D eigenvalue weighted by Gasteiger charge is -2.17. The number of hydrogen-bond acceptors (Lipinski definition) is 3. The van der Waals surface area contributed by atoms with Crippen molar-refractivity contribution in [3.05, 3.63) is 59.6 Å². The molecule has 2 aromatic rings. The second kappa shape index (κ2) is 6.31. The van der Waals surface area contributed by atoms with Crippen LogP contribution in [0.15, 0.2) is 59.5 Å². The maximum atomic E-state index is 12.5. The number of nitrogens with one attached hydrogen (secondary N) is 1. The Hall–Kier alpha value is -1.89. The summed E-state index contributed by atoms with van der Waals surface area (Å²) in [5.74, 6) is -0.258. The average Bonchev–Trinajstić information content (AvgIpc) is 2.89. The minimum Gasteiger partial charge on any atom is -0.311 e. The fourth-order valence-electron chi connectivity index (χ4n) is 2.57. The second-order valence-electron chi connectivity index (χ2n) is 5.22. The minimum atomic E-state index is -3.84. The molecule has 2 aromatic carbocycles. The van der Waals surface area contributed by atoms with E-state index in [0.29, 0.717) is 13.0 Å². The molecule has 1 heterocycles. The summed E-state index contributed by atoms with van der Waals surface area (Å²) in [7, 11) is -3.84. The zero-order chi connectivity index (χ0) is 16.4. The first-order valence-corrected chi connectivity index (χ1v) is 8.98. The summed E-state index contributed by atoms with van der Waals surface area (Å²) in [6.07, 6.45) is 0.414. The van der Waals surface area contributed by atoms with Crippen molar-refractivity contribution in [2.45, 2.75) is 17.4 Å². The predicted octanol–water partition coefficient (Wildman–Crippen LogP) is 2.42. The second-order valence-corrected chi connectivity index (χ2v) is 7.31. The van der Waals surface area contributed by atoms with Crippen LogP contribution in [0.25, 0.3) is 0 Å². The van der Waals surface area contributed by atoms with Gasteiger partial charge in [0.2, 0.25) is 15.9 Å². The zero-order valence-electron chi connectivity index (χ0n) is 12.1. The predicted molar refractivity (Wildman–Crippen MR) is 89.0 cm³/mol. The summed E-state index contributed by atoms with van der Waals surface area (Å²) in [5.41, 5.74) is 0.761. The van der Waals surface area contributed by atoms with Crippen LogP contribution in [-0.4, -0.2) is 26.9 Å². The van der Waals surface area contributed by atoms with Crippen molar-refractivity contribution in [3.63, 3.8) is 0 Å². The Kier molecular flexibility index (Phi) is 4.39. The third kappa shape index (κ3) is 3.24. The Morgan fingerprint density at radius 1 is 1.04 bits per heavy atom. The van der Waals surface area contributed by atoms with Crippen molar-refractivity contribution < 1.29 is 13.2 Å². The Labute approximate surface area is 139 Å². The van der Waals surface area contributed by atoms with Crippen molar-refractivity contribution in [2.24, 2.45) is 0 Å². The van der Waals surface area contributed by atoms with Gasteiger partial charge in [-0.25, -0.2) is 8.42 Å². The molecule has 0 radical (unpaired) electrons. The van der Waals surface area contributed by atoms with Crippen LogP contribution in [0.3, 0.4) is 0 Å². The van der Waals surface area contributed by atoms with Gasteiger partial charge in [-0.3, -0.25) is 4.79 Å². The first-order valence-electron chi connectivity index (χ1n) is 7.12. The highest BCUT2D eigenvalue weighted by Crippen LogP contribution is 2.24. The molecule has 0 saturated carbocycles. The molecule has 1 aliphatic heterocycles. The van der Waals surface area contributed by atoms with Gasteiger partial charge in [-0.15, -0.1) is 0 Å². The molecule has 0 aliphatic carbocycles. The van der Waals surface area contributed by atoms with E-state index in [1.165, 1.54) is 12.1 Å². The first-order chi connectivity index (χ1) is 11.0. The normalized spacial score (nSPS) is 18.4. The fraction of sp³-hybridized carbons (Fsp3) is 0.188. The average molecular weight is 351 g/mol. The number of anilines is 1. The number of hydrogen-bond donors (Lipinski definition) is 1. The molecule has 1 atom stereocenters. The van der Waals surface area contributed by atoms with Crippen LogP contribution in [0.5, 0.6) is 0 Å². The van der Waals surface area contributed by atoms with Crippen molar-refractivity contribution in [3.8, 4) is 0 Å². The van der Waals surface area contributed by atoms with Crippen LogP contribution in [-0.2, 0) is 14.8 Å². The lowest BCUT2D eigenvalue weighted by molar-refractivity contribution is -0.118. The molecule has 1 aliphatic rings. The van der Waals surface area contributed by atoms with Crippen LogP contribution in [0.2, 0.25) is 5.02 Å². The number of carbonyl (C=O) groups excluding carboxylic acids is 1. The molecule has 1 amide bonds. The molecule has 1 fully saturated rings. The number of rotatable bonds is 4. The van der Waals surface area contributed by atoms with Gasteiger partial charge < -0.3 is 4.90 Å². The van der Waals surface area contributed by atoms with Crippen LogP contribution >= 0.6 is 11.6 Å². The van der Waals surface area contributed by atoms with Gasteiger partial charge in [0.05, 0.1) is 5.02 Å². The van der Waals surface area contributed by atoms with E-state index in [-0.39, 0.29) is 15.8 Å². The molecular weight excluding hydrogens is 336 g/mol. The summed E-state index contributed by atoms with van der Waals surface area (Å²) in [5, 5.41) is 0.130. The van der Waals surface area contributed by atoms with Gasteiger partial charge in [0.1, 0.15) is 10.9 Å². The highest BCUT2D eigenvalue weighted by atomic mass is 35.5. The van der Waals surface area contributed by atoms with E-state index >= 15 is 0 Å². The van der Waals surface area contributed by atoms with Gasteiger partial charge >= 0.3 is 0 Å². The SMILES string of the molecule is O=C1[C@H](NS(=O)(=O)c2ccccc2Cl)CCN1c1ccccc1. The smallest absolute Gasteiger partial charge is 0.245 e. The summed E-state index contributed by atoms with van der Waals surface area (Å²) < 4.78 is 27.3. The molecule has 7 heteroatoms. The third-order valence-corrected chi connectivity index (χ3v) is 5.67. The molecule has 23 heavy (non-hydrogen) atoms. The van der Waals surface area contributed by atoms with Crippen molar-refractivity contribution >= 4 is 33.2 Å². The summed E-state index contributed by atoms with van der Waals surface area (Å²) in [6.45, 7) is 0.471. The summed E-state index contributed by atoms with van der Waals surface area (Å²) >= 11 is 5.94. The highest BCUT2D eigenvalue weighted by Gasteiger charge is 2.36. The van der Waals surface area contributed by atoms with Crippen LogP contribution in [0.4, 0.5) is 5.69 Å². The molecule has 0 aromatic heterocycles. The van der Waals surface area contributed by atoms with Gasteiger partial charge in [-0.2, -0.15) is 4.72 Å². The zero-order valence-corrected chi connectivity index (χ0v) is 13.7. The summed E-state index contributed by atoms with van der Waals surface area (Å²) in [6, 6.07) is 14.6. The van der Waals surface area contributed by atoms with Crippen molar-refractivity contribution in [1.82, 2.24) is 4.72 Å². The molecule has 3 rings (SSSR count). The lowest BCUT2D eigenvalue weighted by atomic mass is 10.3. The van der Waals surface area contributed by atoms with E-state index in [2.05, 4.69) is 4.72 Å². The highest BCUT2D eigenvalue weighted by molar-refractivity contribution is 7.89. The number of sulfonamides is 1. The number of para-hydroxylation sites is 1. The Morgan fingerprint density at radius 2 is 1.70 bits per heavy atom. The Balaban J connectivity index is 1.79. The quantitative estimate of drug-likeness (QED) is 0.920. The minimum absolute atomic E-state index is 0.0207. The Morgan fingerprint density at radius 3 is 2.39 bits per heavy atom. The van der Waals surface area contributed by atoms with Gasteiger partial charge in [0.25, 0.3) is 0 Å². The number of amides is 1. The van der Waals surface area contributed by atoms with Crippen molar-refractivity contribution in [2.75, 3.05) is 11.4 Å². The molecule has 5 nitrogen and oxygen atoms in total. The molecule has 1 saturated heterocycles. The largest absolute Gasteiger partial charge is 0.311 e. The molecule has 1 N–H and O–H groups in total. The topological polar surface area (TPSA) is 66.5 Å². The Bertz CT molecular complexity index is 824. The maximum absolute atomic E-state index is 12.5. The molecule has 0 spiro atoms. The summed E-state index contributed by atoms with van der Waals surface area (Å²) in [4.78, 5) is 14.0. The van der Waals surface area contributed by atoms with E-state index in [4.69, 9.17) is 11.6 Å². The molecule has 120 valence electrons. The van der Waals surface area contributed by atoms with E-state index in [1.807, 2.05) is 30.3 Å². The number of nitrogens with zero attached hydrogens (tertiary/aromatic N) is 1. The van der Waals surface area contributed by atoms with Gasteiger partial charge in [0.15, 0.2) is 0 Å². The van der Waals surface area contributed by atoms with Crippen molar-refractivity contribution in [1.29, 1.82) is 0 Å². The van der Waals surface area contributed by atoms with Crippen LogP contribution in [0, 0.1) is 0 Å². The lowest BCUT2D eigenvalue weighted by Crippen LogP contribution is -2.41. The van der Waals surface area contributed by atoms with Gasteiger partial charge in [0, 0.05) is 12.2 Å². The van der Waals surface area contributed by atoms with Gasteiger partial charge in [-0.05, 0) is 30.7 Å². The van der Waals surface area contributed by atoms with E-state index in [9.17, 15) is 13.2 Å². The van der Waals surface area contributed by atoms with E-state index in [1.54, 1.807) is 17.0 Å². The number of carbonyl (C=O) groups is 1. The number of halogens is 1. The first kappa shape index (κ1) is 16.0. The maximum Gasteiger partial charge on any atom is 0.245 e. The molecule has 0 unspecified atom stereocenters. The standard InChI is InChI=1S/C16H15ClN2O3S/c17-13-8-4-5-9-15(13)23(21,22)18-14-10-11-19(16(14)20)12-6-2-1-3-7-12/h1-9,14,18H,10-11H2/t14-/m1/s1. The monoisotopic (exact) mass is 350 g/mol. The third-order valence-electron chi connectivity index (χ3n) is 3.70.